The largest absolute Gasteiger partial charge is 0.419 e. The molecule has 0 N–H and O–H groups in total. The van der Waals surface area contributed by atoms with Gasteiger partial charge in [-0.15, -0.1) is 0 Å². The summed E-state index contributed by atoms with van der Waals surface area (Å²) in [5, 5.41) is 0. The molecule has 2 aromatic rings. The molecule has 0 radical (unpaired) electrons. The Morgan fingerprint density at radius 3 is 2.39 bits per heavy atom. The highest BCUT2D eigenvalue weighted by Gasteiger charge is 2.35. The molecule has 1 fully saturated rings. The van der Waals surface area contributed by atoms with E-state index in [4.69, 9.17) is 4.74 Å². The smallest absolute Gasteiger partial charge is 0.375 e. The van der Waals surface area contributed by atoms with E-state index in [2.05, 4.69) is 0 Å². The number of hydrogen-bond donors (Lipinski definition) is 0. The zero-order chi connectivity index (χ0) is 24.1. The molecule has 1 aliphatic heterocycles. The van der Waals surface area contributed by atoms with Gasteiger partial charge in [0.05, 0.1) is 17.9 Å². The number of halogens is 4. The van der Waals surface area contributed by atoms with Crippen LogP contribution in [0.3, 0.4) is 0 Å². The van der Waals surface area contributed by atoms with E-state index in [9.17, 15) is 26.0 Å². The van der Waals surface area contributed by atoms with E-state index in [1.807, 2.05) is 35.2 Å². The number of benzene rings is 2. The van der Waals surface area contributed by atoms with Crippen molar-refractivity contribution in [2.75, 3.05) is 39.0 Å². The maximum atomic E-state index is 14.5. The van der Waals surface area contributed by atoms with Crippen LogP contribution in [0.25, 0.3) is 0 Å². The maximum absolute atomic E-state index is 14.5. The van der Waals surface area contributed by atoms with Crippen LogP contribution in [0.4, 0.5) is 17.6 Å². The molecule has 3 rings (SSSR count). The Bertz CT molecular complexity index is 1010. The highest BCUT2D eigenvalue weighted by atomic mass is 32.2. The molecule has 33 heavy (non-hydrogen) atoms. The SMILES string of the molecule is CS(=O)(=O)N1CC(OCCCN(CCc2ccccc2)Cc2cccc(C(F)(F)F)c2F)C1. The van der Waals surface area contributed by atoms with Gasteiger partial charge in [-0.05, 0) is 24.5 Å². The van der Waals surface area contributed by atoms with Gasteiger partial charge in [-0.25, -0.2) is 12.8 Å². The first-order valence-corrected chi connectivity index (χ1v) is 12.6. The summed E-state index contributed by atoms with van der Waals surface area (Å²) in [6.45, 7) is 2.14. The molecule has 5 nitrogen and oxygen atoms in total. The van der Waals surface area contributed by atoms with Gasteiger partial charge in [-0.2, -0.15) is 17.5 Å². The molecule has 0 unspecified atom stereocenters. The van der Waals surface area contributed by atoms with Crippen LogP contribution in [0.5, 0.6) is 0 Å². The number of sulfonamides is 1. The minimum Gasteiger partial charge on any atom is -0.375 e. The number of ether oxygens (including phenoxy) is 1. The number of hydrogen-bond acceptors (Lipinski definition) is 4. The van der Waals surface area contributed by atoms with Gasteiger partial charge in [0.25, 0.3) is 0 Å². The normalized spacial score (nSPS) is 15.7. The molecule has 0 atom stereocenters. The lowest BCUT2D eigenvalue weighted by Crippen LogP contribution is -2.54. The molecule has 1 saturated heterocycles. The van der Waals surface area contributed by atoms with E-state index in [-0.39, 0.29) is 18.2 Å². The predicted molar refractivity (Wildman–Crippen MR) is 118 cm³/mol. The summed E-state index contributed by atoms with van der Waals surface area (Å²) in [4.78, 5) is 1.92. The van der Waals surface area contributed by atoms with Crippen molar-refractivity contribution in [3.05, 3.63) is 71.0 Å². The fourth-order valence-corrected chi connectivity index (χ4v) is 4.55. The average molecular weight is 489 g/mol. The first-order chi connectivity index (χ1) is 15.5. The summed E-state index contributed by atoms with van der Waals surface area (Å²) in [6, 6.07) is 13.0. The Balaban J connectivity index is 1.57. The van der Waals surface area contributed by atoms with Gasteiger partial charge in [0.15, 0.2) is 0 Å². The van der Waals surface area contributed by atoms with Gasteiger partial charge < -0.3 is 4.74 Å². The Morgan fingerprint density at radius 2 is 1.76 bits per heavy atom. The molecular weight excluding hydrogens is 460 g/mol. The number of nitrogens with zero attached hydrogens (tertiary/aromatic N) is 2. The van der Waals surface area contributed by atoms with Crippen LogP contribution in [0, 0.1) is 5.82 Å². The quantitative estimate of drug-likeness (QED) is 0.355. The highest BCUT2D eigenvalue weighted by molar-refractivity contribution is 7.88. The van der Waals surface area contributed by atoms with Gasteiger partial charge in [-0.3, -0.25) is 4.90 Å². The second-order valence-corrected chi connectivity index (χ2v) is 10.2. The molecule has 0 aliphatic carbocycles. The third kappa shape index (κ3) is 7.49. The molecule has 0 aromatic heterocycles. The molecule has 2 aromatic carbocycles. The molecule has 0 saturated carbocycles. The fraction of sp³-hybridized carbons (Fsp3) is 0.478. The molecule has 1 heterocycles. The van der Waals surface area contributed by atoms with E-state index < -0.39 is 27.6 Å². The standard InChI is InChI=1S/C23H28F4N2O3S/c1-33(30,31)29-16-20(17-29)32-14-6-12-28(13-11-18-7-3-2-4-8-18)15-19-9-5-10-21(22(19)24)23(25,26)27/h2-5,7-10,20H,6,11-17H2,1H3. The number of alkyl halides is 3. The summed E-state index contributed by atoms with van der Waals surface area (Å²) in [6.07, 6.45) is -2.48. The summed E-state index contributed by atoms with van der Waals surface area (Å²) < 4.78 is 83.7. The first kappa shape index (κ1) is 25.6. The topological polar surface area (TPSA) is 49.9 Å². The summed E-state index contributed by atoms with van der Waals surface area (Å²) in [7, 11) is -3.20. The fourth-order valence-electron chi connectivity index (χ4n) is 3.68. The van der Waals surface area contributed by atoms with Gasteiger partial charge in [0.1, 0.15) is 5.82 Å². The lowest BCUT2D eigenvalue weighted by atomic mass is 10.1. The van der Waals surface area contributed by atoms with Crippen LogP contribution in [0.15, 0.2) is 48.5 Å². The van der Waals surface area contributed by atoms with E-state index >= 15 is 0 Å². The van der Waals surface area contributed by atoms with Gasteiger partial charge in [0.2, 0.25) is 10.0 Å². The Kier molecular flexibility index (Phi) is 8.49. The van der Waals surface area contributed by atoms with Crippen molar-refractivity contribution in [3.63, 3.8) is 0 Å². The number of rotatable bonds is 11. The van der Waals surface area contributed by atoms with Crippen molar-refractivity contribution in [3.8, 4) is 0 Å². The molecule has 10 heteroatoms. The van der Waals surface area contributed by atoms with Gasteiger partial charge in [-0.1, -0.05) is 42.5 Å². The summed E-state index contributed by atoms with van der Waals surface area (Å²) in [5.74, 6) is -1.23. The van der Waals surface area contributed by atoms with E-state index in [0.29, 0.717) is 45.6 Å². The Morgan fingerprint density at radius 1 is 1.06 bits per heavy atom. The van der Waals surface area contributed by atoms with Crippen LogP contribution in [-0.2, 0) is 33.9 Å². The van der Waals surface area contributed by atoms with Crippen molar-refractivity contribution in [1.82, 2.24) is 9.21 Å². The molecule has 1 aliphatic rings. The maximum Gasteiger partial charge on any atom is 0.419 e. The van der Waals surface area contributed by atoms with Crippen molar-refractivity contribution >= 4 is 10.0 Å². The monoisotopic (exact) mass is 488 g/mol. The molecule has 0 spiro atoms. The van der Waals surface area contributed by atoms with E-state index in [1.54, 1.807) is 0 Å². The van der Waals surface area contributed by atoms with Crippen LogP contribution >= 0.6 is 0 Å². The van der Waals surface area contributed by atoms with Crippen LogP contribution in [0.1, 0.15) is 23.1 Å². The average Bonchev–Trinajstić information content (AvgIpc) is 2.70. The first-order valence-electron chi connectivity index (χ1n) is 10.7. The van der Waals surface area contributed by atoms with Crippen molar-refractivity contribution in [2.24, 2.45) is 0 Å². The second-order valence-electron chi connectivity index (χ2n) is 8.21. The van der Waals surface area contributed by atoms with Crippen LogP contribution < -0.4 is 0 Å². The van der Waals surface area contributed by atoms with Crippen LogP contribution in [0.2, 0.25) is 0 Å². The summed E-state index contributed by atoms with van der Waals surface area (Å²) in [5.41, 5.74) is -0.174. The summed E-state index contributed by atoms with van der Waals surface area (Å²) >= 11 is 0. The van der Waals surface area contributed by atoms with Crippen molar-refractivity contribution < 1.29 is 30.7 Å². The second kappa shape index (κ2) is 10.9. The predicted octanol–water partition coefficient (Wildman–Crippen LogP) is 3.94. The molecule has 0 bridgehead atoms. The van der Waals surface area contributed by atoms with Crippen LogP contribution in [-0.4, -0.2) is 62.8 Å². The van der Waals surface area contributed by atoms with E-state index in [1.165, 1.54) is 16.4 Å². The van der Waals surface area contributed by atoms with E-state index in [0.717, 1.165) is 17.9 Å². The third-order valence-corrected chi connectivity index (χ3v) is 6.83. The molecule has 0 amide bonds. The molecule has 182 valence electrons. The third-order valence-electron chi connectivity index (χ3n) is 5.59. The minimum absolute atomic E-state index is 0.00147. The lowest BCUT2D eigenvalue weighted by molar-refractivity contribution is -0.140. The Hall–Kier alpha value is -2.01. The van der Waals surface area contributed by atoms with Crippen molar-refractivity contribution in [2.45, 2.75) is 31.7 Å². The lowest BCUT2D eigenvalue weighted by Gasteiger charge is -2.36. The van der Waals surface area contributed by atoms with Gasteiger partial charge in [0, 0.05) is 44.9 Å². The van der Waals surface area contributed by atoms with Gasteiger partial charge >= 0.3 is 6.18 Å². The zero-order valence-corrected chi connectivity index (χ0v) is 19.2. The minimum atomic E-state index is -4.74. The molecular formula is C23H28F4N2O3S. The zero-order valence-electron chi connectivity index (χ0n) is 18.4. The highest BCUT2D eigenvalue weighted by Crippen LogP contribution is 2.32. The van der Waals surface area contributed by atoms with Crippen molar-refractivity contribution in [1.29, 1.82) is 0 Å². The Labute approximate surface area is 192 Å².